The first-order chi connectivity index (χ1) is 6.65. The minimum absolute atomic E-state index is 0.0503. The quantitative estimate of drug-likeness (QED) is 0.779. The minimum Gasteiger partial charge on any atom is -0.469 e. The summed E-state index contributed by atoms with van der Waals surface area (Å²) in [6.07, 6.45) is 2.79. The summed E-state index contributed by atoms with van der Waals surface area (Å²) < 4.78 is 5.09. The number of hydrogen-bond acceptors (Lipinski definition) is 3. The standard InChI is InChI=1S/C11H17NO2/c1-3-8(2)11(12)10(13)7-9-5-4-6-14-9/h4-6,8,11H,3,7,12H2,1-2H3. The molecule has 0 radical (unpaired) electrons. The second kappa shape index (κ2) is 4.96. The van der Waals surface area contributed by atoms with E-state index in [0.717, 1.165) is 6.42 Å². The summed E-state index contributed by atoms with van der Waals surface area (Å²) in [6.45, 7) is 4.02. The van der Waals surface area contributed by atoms with E-state index in [-0.39, 0.29) is 17.7 Å². The van der Waals surface area contributed by atoms with Gasteiger partial charge >= 0.3 is 0 Å². The minimum atomic E-state index is -0.370. The zero-order valence-electron chi connectivity index (χ0n) is 8.69. The zero-order chi connectivity index (χ0) is 10.6. The zero-order valence-corrected chi connectivity index (χ0v) is 8.69. The van der Waals surface area contributed by atoms with Crippen molar-refractivity contribution in [3.05, 3.63) is 24.2 Å². The normalized spacial score (nSPS) is 15.1. The van der Waals surface area contributed by atoms with Gasteiger partial charge in [0.05, 0.1) is 18.7 Å². The van der Waals surface area contributed by atoms with Crippen molar-refractivity contribution in [3.8, 4) is 0 Å². The van der Waals surface area contributed by atoms with E-state index in [1.165, 1.54) is 0 Å². The molecule has 0 aliphatic carbocycles. The number of Topliss-reactive ketones (excluding diaryl/α,β-unsaturated/α-hetero) is 1. The lowest BCUT2D eigenvalue weighted by molar-refractivity contribution is -0.120. The highest BCUT2D eigenvalue weighted by Gasteiger charge is 2.20. The Hall–Kier alpha value is -1.09. The third kappa shape index (κ3) is 2.70. The highest BCUT2D eigenvalue weighted by molar-refractivity contribution is 5.85. The van der Waals surface area contributed by atoms with Crippen molar-refractivity contribution < 1.29 is 9.21 Å². The van der Waals surface area contributed by atoms with Crippen LogP contribution in [-0.4, -0.2) is 11.8 Å². The maximum absolute atomic E-state index is 11.6. The van der Waals surface area contributed by atoms with E-state index in [4.69, 9.17) is 10.2 Å². The second-order valence-electron chi connectivity index (χ2n) is 3.63. The third-order valence-electron chi connectivity index (χ3n) is 2.56. The van der Waals surface area contributed by atoms with E-state index in [9.17, 15) is 4.79 Å². The Morgan fingerprint density at radius 2 is 2.36 bits per heavy atom. The molecular weight excluding hydrogens is 178 g/mol. The molecule has 3 nitrogen and oxygen atoms in total. The molecule has 3 heteroatoms. The van der Waals surface area contributed by atoms with Crippen molar-refractivity contribution in [3.63, 3.8) is 0 Å². The van der Waals surface area contributed by atoms with Crippen molar-refractivity contribution in [1.82, 2.24) is 0 Å². The Morgan fingerprint density at radius 1 is 1.64 bits per heavy atom. The van der Waals surface area contributed by atoms with Gasteiger partial charge in [-0.1, -0.05) is 20.3 Å². The van der Waals surface area contributed by atoms with Crippen LogP contribution in [0.4, 0.5) is 0 Å². The van der Waals surface area contributed by atoms with Crippen LogP contribution in [0.25, 0.3) is 0 Å². The maximum Gasteiger partial charge on any atom is 0.157 e. The van der Waals surface area contributed by atoms with Gasteiger partial charge in [-0.25, -0.2) is 0 Å². The molecule has 0 saturated heterocycles. The summed E-state index contributed by atoms with van der Waals surface area (Å²) >= 11 is 0. The lowest BCUT2D eigenvalue weighted by Gasteiger charge is -2.15. The van der Waals surface area contributed by atoms with Crippen LogP contribution in [-0.2, 0) is 11.2 Å². The number of ketones is 1. The molecule has 0 amide bonds. The average molecular weight is 195 g/mol. The molecule has 0 saturated carbocycles. The van der Waals surface area contributed by atoms with Gasteiger partial charge in [0.1, 0.15) is 5.76 Å². The summed E-state index contributed by atoms with van der Waals surface area (Å²) in [4.78, 5) is 11.6. The van der Waals surface area contributed by atoms with Crippen molar-refractivity contribution in [1.29, 1.82) is 0 Å². The van der Waals surface area contributed by atoms with Gasteiger partial charge in [0, 0.05) is 0 Å². The number of carbonyl (C=O) groups is 1. The predicted octanol–water partition coefficient (Wildman–Crippen LogP) is 1.76. The third-order valence-corrected chi connectivity index (χ3v) is 2.56. The molecule has 1 aromatic heterocycles. The molecule has 0 aromatic carbocycles. The van der Waals surface area contributed by atoms with Crippen LogP contribution >= 0.6 is 0 Å². The summed E-state index contributed by atoms with van der Waals surface area (Å²) in [5.74, 6) is 0.973. The van der Waals surface area contributed by atoms with Crippen LogP contribution in [0.2, 0.25) is 0 Å². The maximum atomic E-state index is 11.6. The molecule has 1 aromatic rings. The first-order valence-electron chi connectivity index (χ1n) is 4.95. The van der Waals surface area contributed by atoms with Gasteiger partial charge in [0.2, 0.25) is 0 Å². The highest BCUT2D eigenvalue weighted by atomic mass is 16.3. The van der Waals surface area contributed by atoms with Gasteiger partial charge in [-0.05, 0) is 18.1 Å². The summed E-state index contributed by atoms with van der Waals surface area (Å²) in [5.41, 5.74) is 5.80. The molecule has 2 unspecified atom stereocenters. The molecule has 0 bridgehead atoms. The van der Waals surface area contributed by atoms with Crippen LogP contribution in [0, 0.1) is 5.92 Å². The SMILES string of the molecule is CCC(C)C(N)C(=O)Cc1ccco1. The Morgan fingerprint density at radius 3 is 2.86 bits per heavy atom. The van der Waals surface area contributed by atoms with E-state index in [0.29, 0.717) is 12.2 Å². The predicted molar refractivity (Wildman–Crippen MR) is 54.8 cm³/mol. The summed E-state index contributed by atoms with van der Waals surface area (Å²) in [6, 6.07) is 3.20. The van der Waals surface area contributed by atoms with Crippen LogP contribution in [0.5, 0.6) is 0 Å². The fourth-order valence-electron chi connectivity index (χ4n) is 1.27. The Labute approximate surface area is 84.3 Å². The molecule has 0 aliphatic heterocycles. The van der Waals surface area contributed by atoms with Crippen molar-refractivity contribution in [2.75, 3.05) is 0 Å². The molecule has 78 valence electrons. The van der Waals surface area contributed by atoms with Gasteiger partial charge in [-0.3, -0.25) is 4.79 Å². The smallest absolute Gasteiger partial charge is 0.157 e. The topological polar surface area (TPSA) is 56.2 Å². The molecule has 0 aliphatic rings. The van der Waals surface area contributed by atoms with E-state index in [1.54, 1.807) is 18.4 Å². The first kappa shape index (κ1) is 11.0. The fourth-order valence-corrected chi connectivity index (χ4v) is 1.27. The molecular formula is C11H17NO2. The number of nitrogens with two attached hydrogens (primary N) is 1. The van der Waals surface area contributed by atoms with Gasteiger partial charge < -0.3 is 10.2 Å². The average Bonchev–Trinajstić information content (AvgIpc) is 2.68. The monoisotopic (exact) mass is 195 g/mol. The van der Waals surface area contributed by atoms with Crippen molar-refractivity contribution in [2.45, 2.75) is 32.7 Å². The highest BCUT2D eigenvalue weighted by Crippen LogP contribution is 2.09. The summed E-state index contributed by atoms with van der Waals surface area (Å²) in [5, 5.41) is 0. The van der Waals surface area contributed by atoms with E-state index in [1.807, 2.05) is 13.8 Å². The second-order valence-corrected chi connectivity index (χ2v) is 3.63. The fraction of sp³-hybridized carbons (Fsp3) is 0.545. The van der Waals surface area contributed by atoms with E-state index in [2.05, 4.69) is 0 Å². The van der Waals surface area contributed by atoms with Crippen LogP contribution in [0.3, 0.4) is 0 Å². The number of carbonyl (C=O) groups excluding carboxylic acids is 1. The molecule has 1 rings (SSSR count). The lowest BCUT2D eigenvalue weighted by atomic mass is 9.94. The van der Waals surface area contributed by atoms with Crippen LogP contribution in [0.1, 0.15) is 26.0 Å². The van der Waals surface area contributed by atoms with Gasteiger partial charge in [0.25, 0.3) is 0 Å². The van der Waals surface area contributed by atoms with Gasteiger partial charge in [-0.2, -0.15) is 0 Å². The molecule has 1 heterocycles. The number of hydrogen-bond donors (Lipinski definition) is 1. The molecule has 14 heavy (non-hydrogen) atoms. The van der Waals surface area contributed by atoms with Crippen molar-refractivity contribution in [2.24, 2.45) is 11.7 Å². The molecule has 0 spiro atoms. The van der Waals surface area contributed by atoms with Crippen LogP contribution < -0.4 is 5.73 Å². The Bertz CT molecular complexity index is 279. The Kier molecular flexibility index (Phi) is 3.89. The van der Waals surface area contributed by atoms with Crippen LogP contribution in [0.15, 0.2) is 22.8 Å². The van der Waals surface area contributed by atoms with Gasteiger partial charge in [0.15, 0.2) is 5.78 Å². The Balaban J connectivity index is 2.50. The van der Waals surface area contributed by atoms with Gasteiger partial charge in [-0.15, -0.1) is 0 Å². The molecule has 2 N–H and O–H groups in total. The summed E-state index contributed by atoms with van der Waals surface area (Å²) in [7, 11) is 0. The number of rotatable bonds is 5. The largest absolute Gasteiger partial charge is 0.469 e. The van der Waals surface area contributed by atoms with E-state index >= 15 is 0 Å². The van der Waals surface area contributed by atoms with Crippen molar-refractivity contribution >= 4 is 5.78 Å². The molecule has 0 fully saturated rings. The first-order valence-corrected chi connectivity index (χ1v) is 4.95. The molecule has 2 atom stereocenters. The number of furan rings is 1. The lowest BCUT2D eigenvalue weighted by Crippen LogP contribution is -2.37. The van der Waals surface area contributed by atoms with E-state index < -0.39 is 0 Å².